The Kier molecular flexibility index (Phi) is 5.90. The van der Waals surface area contributed by atoms with Gasteiger partial charge in [0.1, 0.15) is 5.03 Å². The molecule has 1 aromatic carbocycles. The number of ether oxygens (including phenoxy) is 1. The minimum atomic E-state index is -0.132. The van der Waals surface area contributed by atoms with Gasteiger partial charge in [0.15, 0.2) is 5.82 Å². The van der Waals surface area contributed by atoms with Crippen LogP contribution in [0.15, 0.2) is 41.4 Å². The second-order valence-corrected chi connectivity index (χ2v) is 6.55. The van der Waals surface area contributed by atoms with Crippen LogP contribution in [0.4, 0.5) is 11.5 Å². The van der Waals surface area contributed by atoms with Gasteiger partial charge in [-0.2, -0.15) is 0 Å². The number of rotatable bonds is 5. The minimum absolute atomic E-state index is 0.132. The van der Waals surface area contributed by atoms with Gasteiger partial charge in [-0.25, -0.2) is 0 Å². The molecule has 24 heavy (non-hydrogen) atoms. The quantitative estimate of drug-likeness (QED) is 0.823. The molecule has 0 radical (unpaired) electrons. The van der Waals surface area contributed by atoms with E-state index in [1.54, 1.807) is 12.1 Å². The average Bonchev–Trinajstić information content (AvgIpc) is 2.63. The van der Waals surface area contributed by atoms with E-state index in [0.29, 0.717) is 28.9 Å². The van der Waals surface area contributed by atoms with E-state index in [-0.39, 0.29) is 11.7 Å². The molecule has 0 spiro atoms. The molecule has 2 heterocycles. The third-order valence-corrected chi connectivity index (χ3v) is 4.71. The number of aromatic nitrogens is 2. The van der Waals surface area contributed by atoms with Gasteiger partial charge in [0.25, 0.3) is 0 Å². The molecular weight excluding hydrogens is 348 g/mol. The van der Waals surface area contributed by atoms with Crippen molar-refractivity contribution in [3.63, 3.8) is 0 Å². The summed E-state index contributed by atoms with van der Waals surface area (Å²) in [5, 5.41) is 12.4. The molecule has 0 unspecified atom stereocenters. The first-order valence-corrected chi connectivity index (χ1v) is 8.92. The number of halogens is 1. The zero-order chi connectivity index (χ0) is 16.8. The van der Waals surface area contributed by atoms with Crippen molar-refractivity contribution in [2.24, 2.45) is 0 Å². The van der Waals surface area contributed by atoms with Crippen LogP contribution in [0.5, 0.6) is 0 Å². The number of nitrogens with one attached hydrogen (secondary N) is 1. The molecule has 1 N–H and O–H groups in total. The molecule has 8 heteroatoms. The van der Waals surface area contributed by atoms with Gasteiger partial charge in [-0.15, -0.1) is 10.2 Å². The summed E-state index contributed by atoms with van der Waals surface area (Å²) in [7, 11) is 0. The number of nitrogens with zero attached hydrogens (tertiary/aromatic N) is 3. The summed E-state index contributed by atoms with van der Waals surface area (Å²) >= 11 is 7.36. The Hall–Kier alpha value is -1.83. The van der Waals surface area contributed by atoms with Crippen LogP contribution >= 0.6 is 23.4 Å². The van der Waals surface area contributed by atoms with Gasteiger partial charge in [0.2, 0.25) is 5.91 Å². The van der Waals surface area contributed by atoms with Crippen LogP contribution in [-0.4, -0.2) is 48.2 Å². The summed E-state index contributed by atoms with van der Waals surface area (Å²) < 4.78 is 5.32. The van der Waals surface area contributed by atoms with E-state index in [1.807, 2.05) is 24.3 Å². The number of hydrogen-bond acceptors (Lipinski definition) is 6. The van der Waals surface area contributed by atoms with Crippen LogP contribution in [0.25, 0.3) is 0 Å². The van der Waals surface area contributed by atoms with Gasteiger partial charge in [0, 0.05) is 13.1 Å². The number of carbonyl (C=O) groups is 1. The maximum Gasteiger partial charge on any atom is 0.234 e. The maximum atomic E-state index is 12.0. The number of morpholine rings is 1. The molecule has 1 amide bonds. The van der Waals surface area contributed by atoms with Gasteiger partial charge in [-0.1, -0.05) is 35.5 Å². The fourth-order valence-corrected chi connectivity index (χ4v) is 3.04. The molecule has 1 fully saturated rings. The van der Waals surface area contributed by atoms with Crippen molar-refractivity contribution < 1.29 is 9.53 Å². The van der Waals surface area contributed by atoms with Crippen LogP contribution in [-0.2, 0) is 9.53 Å². The zero-order valence-electron chi connectivity index (χ0n) is 12.9. The Labute approximate surface area is 149 Å². The minimum Gasteiger partial charge on any atom is -0.378 e. The third kappa shape index (κ3) is 4.59. The van der Waals surface area contributed by atoms with Crippen LogP contribution < -0.4 is 10.2 Å². The number of thioether (sulfide) groups is 1. The van der Waals surface area contributed by atoms with Crippen molar-refractivity contribution in [1.82, 2.24) is 10.2 Å². The molecule has 3 rings (SSSR count). The van der Waals surface area contributed by atoms with E-state index in [9.17, 15) is 4.79 Å². The highest BCUT2D eigenvalue weighted by Gasteiger charge is 2.13. The number of hydrogen-bond donors (Lipinski definition) is 1. The number of para-hydroxylation sites is 1. The van der Waals surface area contributed by atoms with Gasteiger partial charge in [0.05, 0.1) is 29.7 Å². The summed E-state index contributed by atoms with van der Waals surface area (Å²) in [6.07, 6.45) is 0. The van der Waals surface area contributed by atoms with E-state index in [2.05, 4.69) is 20.4 Å². The number of amides is 1. The molecule has 1 aliphatic rings. The first-order valence-electron chi connectivity index (χ1n) is 7.56. The summed E-state index contributed by atoms with van der Waals surface area (Å²) in [6, 6.07) is 10.9. The molecule has 1 saturated heterocycles. The van der Waals surface area contributed by atoms with Crippen molar-refractivity contribution in [1.29, 1.82) is 0 Å². The van der Waals surface area contributed by atoms with E-state index in [4.69, 9.17) is 16.3 Å². The van der Waals surface area contributed by atoms with E-state index >= 15 is 0 Å². The lowest BCUT2D eigenvalue weighted by molar-refractivity contribution is -0.113. The van der Waals surface area contributed by atoms with Crippen molar-refractivity contribution in [2.75, 3.05) is 42.3 Å². The lowest BCUT2D eigenvalue weighted by Crippen LogP contribution is -2.36. The average molecular weight is 365 g/mol. The Morgan fingerprint density at radius 3 is 2.71 bits per heavy atom. The molecule has 1 aromatic heterocycles. The van der Waals surface area contributed by atoms with Gasteiger partial charge in [-0.05, 0) is 24.3 Å². The van der Waals surface area contributed by atoms with Crippen LogP contribution in [0.1, 0.15) is 0 Å². The largest absolute Gasteiger partial charge is 0.378 e. The zero-order valence-corrected chi connectivity index (χ0v) is 14.5. The van der Waals surface area contributed by atoms with Gasteiger partial charge >= 0.3 is 0 Å². The van der Waals surface area contributed by atoms with Crippen molar-refractivity contribution in [3.05, 3.63) is 41.4 Å². The molecular formula is C16H17ClN4O2S. The topological polar surface area (TPSA) is 67.4 Å². The predicted octanol–water partition coefficient (Wildman–Crippen LogP) is 2.70. The van der Waals surface area contributed by atoms with E-state index in [1.165, 1.54) is 11.8 Å². The van der Waals surface area contributed by atoms with Crippen molar-refractivity contribution in [3.8, 4) is 0 Å². The number of benzene rings is 1. The standard InChI is InChI=1S/C16H17ClN4O2S/c17-12-3-1-2-4-13(12)18-15(22)11-24-16-6-5-14(19-20-16)21-7-9-23-10-8-21/h1-6H,7-11H2,(H,18,22). The van der Waals surface area contributed by atoms with E-state index in [0.717, 1.165) is 18.9 Å². The van der Waals surface area contributed by atoms with Crippen molar-refractivity contribution in [2.45, 2.75) is 5.03 Å². The van der Waals surface area contributed by atoms with Gasteiger partial charge < -0.3 is 15.0 Å². The van der Waals surface area contributed by atoms with Crippen molar-refractivity contribution >= 4 is 40.8 Å². The summed E-state index contributed by atoms with van der Waals surface area (Å²) in [4.78, 5) is 14.1. The molecule has 0 atom stereocenters. The highest BCUT2D eigenvalue weighted by atomic mass is 35.5. The molecule has 6 nitrogen and oxygen atoms in total. The van der Waals surface area contributed by atoms with Crippen LogP contribution in [0.2, 0.25) is 5.02 Å². The third-order valence-electron chi connectivity index (χ3n) is 3.46. The molecule has 126 valence electrons. The van der Waals surface area contributed by atoms with E-state index < -0.39 is 0 Å². The molecule has 0 aliphatic carbocycles. The highest BCUT2D eigenvalue weighted by Crippen LogP contribution is 2.22. The van der Waals surface area contributed by atoms with Crippen LogP contribution in [0.3, 0.4) is 0 Å². The molecule has 1 aliphatic heterocycles. The summed E-state index contributed by atoms with van der Waals surface area (Å²) in [5.41, 5.74) is 0.610. The molecule has 2 aromatic rings. The highest BCUT2D eigenvalue weighted by molar-refractivity contribution is 7.99. The first-order chi connectivity index (χ1) is 11.7. The molecule has 0 saturated carbocycles. The number of anilines is 2. The Morgan fingerprint density at radius 1 is 1.21 bits per heavy atom. The lowest BCUT2D eigenvalue weighted by atomic mass is 10.3. The van der Waals surface area contributed by atoms with Gasteiger partial charge in [-0.3, -0.25) is 4.79 Å². The summed E-state index contributed by atoms with van der Waals surface area (Å²) in [5.74, 6) is 0.951. The lowest BCUT2D eigenvalue weighted by Gasteiger charge is -2.27. The fourth-order valence-electron chi connectivity index (χ4n) is 2.24. The number of carbonyl (C=O) groups excluding carboxylic acids is 1. The Bertz CT molecular complexity index is 693. The predicted molar refractivity (Wildman–Crippen MR) is 95.9 cm³/mol. The maximum absolute atomic E-state index is 12.0. The monoisotopic (exact) mass is 364 g/mol. The smallest absolute Gasteiger partial charge is 0.234 e. The normalized spacial score (nSPS) is 14.5. The Morgan fingerprint density at radius 2 is 2.00 bits per heavy atom. The second-order valence-electron chi connectivity index (χ2n) is 5.15. The molecule has 0 bridgehead atoms. The first kappa shape index (κ1) is 17.0. The van der Waals surface area contributed by atoms with Crippen LogP contribution in [0, 0.1) is 0 Å². The Balaban J connectivity index is 1.51. The fraction of sp³-hybridized carbons (Fsp3) is 0.312. The second kappa shape index (κ2) is 8.32. The summed E-state index contributed by atoms with van der Waals surface area (Å²) in [6.45, 7) is 3.06. The SMILES string of the molecule is O=C(CSc1ccc(N2CCOCC2)nn1)Nc1ccccc1Cl.